The maximum Gasteiger partial charge on any atom is 0.256 e. The number of likely N-dealkylation sites (tertiary alicyclic amines) is 1. The summed E-state index contributed by atoms with van der Waals surface area (Å²) in [4.78, 5) is 22.8. The topological polar surface area (TPSA) is 61.0 Å². The van der Waals surface area contributed by atoms with E-state index in [1.807, 2.05) is 30.0 Å². The molecule has 2 N–H and O–H groups in total. The number of imidazole rings is 1. The third kappa shape index (κ3) is 2.20. The van der Waals surface area contributed by atoms with Gasteiger partial charge < -0.3 is 15.2 Å². The second-order valence-electron chi connectivity index (χ2n) is 6.78. The number of H-pyrrole nitrogens is 1. The molecule has 1 atom stereocenters. The lowest BCUT2D eigenvalue weighted by Gasteiger charge is -2.40. The summed E-state index contributed by atoms with van der Waals surface area (Å²) in [6.45, 7) is 5.78. The van der Waals surface area contributed by atoms with Crippen LogP contribution in [0.3, 0.4) is 0 Å². The highest BCUT2D eigenvalue weighted by molar-refractivity contribution is 6.04. The van der Waals surface area contributed by atoms with Gasteiger partial charge in [0.2, 0.25) is 0 Å². The number of aryl methyl sites for hydroxylation is 1. The van der Waals surface area contributed by atoms with Crippen molar-refractivity contribution in [2.24, 2.45) is 5.41 Å². The van der Waals surface area contributed by atoms with Crippen LogP contribution in [0.1, 0.15) is 35.4 Å². The van der Waals surface area contributed by atoms with Gasteiger partial charge in [0.25, 0.3) is 5.91 Å². The van der Waals surface area contributed by atoms with Crippen LogP contribution in [0.2, 0.25) is 0 Å². The molecule has 1 aromatic heterocycles. The largest absolute Gasteiger partial charge is 0.342 e. The number of rotatable bonds is 1. The first-order chi connectivity index (χ1) is 10.7. The molecular weight excluding hydrogens is 276 g/mol. The molecule has 4 rings (SSSR count). The van der Waals surface area contributed by atoms with Crippen LogP contribution >= 0.6 is 0 Å². The maximum absolute atomic E-state index is 13.0. The molecule has 1 aromatic carbocycles. The zero-order valence-electron chi connectivity index (χ0n) is 13.0. The fourth-order valence-corrected chi connectivity index (χ4v) is 4.02. The number of carbonyl (C=O) groups is 1. The van der Waals surface area contributed by atoms with E-state index in [0.29, 0.717) is 5.41 Å². The summed E-state index contributed by atoms with van der Waals surface area (Å²) >= 11 is 0. The van der Waals surface area contributed by atoms with Gasteiger partial charge in [-0.15, -0.1) is 0 Å². The molecule has 0 radical (unpaired) electrons. The number of aromatic amines is 1. The number of piperidine rings is 1. The minimum absolute atomic E-state index is 0.128. The SMILES string of the molecule is Cc1nc2c(C(=O)N3CCC[C@]4(CCNC4)C3)cccc2[nH]1. The minimum Gasteiger partial charge on any atom is -0.342 e. The molecule has 3 heterocycles. The predicted molar refractivity (Wildman–Crippen MR) is 85.9 cm³/mol. The van der Waals surface area contributed by atoms with Gasteiger partial charge >= 0.3 is 0 Å². The minimum atomic E-state index is 0.128. The van der Waals surface area contributed by atoms with E-state index < -0.39 is 0 Å². The Bertz CT molecular complexity index is 715. The van der Waals surface area contributed by atoms with E-state index in [1.165, 1.54) is 12.8 Å². The van der Waals surface area contributed by atoms with Crippen LogP contribution < -0.4 is 5.32 Å². The lowest BCUT2D eigenvalue weighted by atomic mass is 9.79. The van der Waals surface area contributed by atoms with Crippen molar-refractivity contribution in [2.45, 2.75) is 26.2 Å². The van der Waals surface area contributed by atoms with Gasteiger partial charge in [-0.05, 0) is 44.9 Å². The Labute approximate surface area is 130 Å². The molecule has 2 aliphatic rings. The number of benzene rings is 1. The van der Waals surface area contributed by atoms with Crippen LogP contribution in [-0.2, 0) is 0 Å². The van der Waals surface area contributed by atoms with Crippen LogP contribution in [-0.4, -0.2) is 47.0 Å². The third-order valence-corrected chi connectivity index (χ3v) is 5.14. The summed E-state index contributed by atoms with van der Waals surface area (Å²) in [6.07, 6.45) is 3.51. The van der Waals surface area contributed by atoms with Crippen molar-refractivity contribution in [3.05, 3.63) is 29.6 Å². The van der Waals surface area contributed by atoms with E-state index in [-0.39, 0.29) is 5.91 Å². The van der Waals surface area contributed by atoms with Crippen LogP contribution in [0.15, 0.2) is 18.2 Å². The molecule has 116 valence electrons. The molecule has 2 aromatic rings. The third-order valence-electron chi connectivity index (χ3n) is 5.14. The van der Waals surface area contributed by atoms with Crippen molar-refractivity contribution in [2.75, 3.05) is 26.2 Å². The van der Waals surface area contributed by atoms with Gasteiger partial charge in [0, 0.05) is 25.0 Å². The number of hydrogen-bond acceptors (Lipinski definition) is 3. The highest BCUT2D eigenvalue weighted by Crippen LogP contribution is 2.36. The van der Waals surface area contributed by atoms with Gasteiger partial charge in [-0.3, -0.25) is 4.79 Å². The van der Waals surface area contributed by atoms with Crippen LogP contribution in [0.25, 0.3) is 11.0 Å². The zero-order chi connectivity index (χ0) is 15.2. The Morgan fingerprint density at radius 1 is 1.36 bits per heavy atom. The van der Waals surface area contributed by atoms with Gasteiger partial charge in [0.1, 0.15) is 11.3 Å². The van der Waals surface area contributed by atoms with E-state index >= 15 is 0 Å². The number of hydrogen-bond donors (Lipinski definition) is 2. The summed E-state index contributed by atoms with van der Waals surface area (Å²) in [5, 5.41) is 3.46. The lowest BCUT2D eigenvalue weighted by Crippen LogP contribution is -2.47. The smallest absolute Gasteiger partial charge is 0.256 e. The Kier molecular flexibility index (Phi) is 3.18. The van der Waals surface area contributed by atoms with E-state index in [0.717, 1.165) is 55.0 Å². The number of nitrogens with zero attached hydrogens (tertiary/aromatic N) is 2. The highest BCUT2D eigenvalue weighted by Gasteiger charge is 2.39. The molecule has 0 aliphatic carbocycles. The predicted octanol–water partition coefficient (Wildman–Crippen LogP) is 2.09. The first-order valence-corrected chi connectivity index (χ1v) is 8.12. The molecule has 22 heavy (non-hydrogen) atoms. The molecule has 2 fully saturated rings. The van der Waals surface area contributed by atoms with Crippen molar-refractivity contribution in [3.8, 4) is 0 Å². The van der Waals surface area contributed by atoms with Gasteiger partial charge in [-0.1, -0.05) is 6.07 Å². The molecule has 0 bridgehead atoms. The molecule has 5 heteroatoms. The first-order valence-electron chi connectivity index (χ1n) is 8.12. The fraction of sp³-hybridized carbons (Fsp3) is 0.529. The van der Waals surface area contributed by atoms with E-state index in [4.69, 9.17) is 0 Å². The molecule has 0 saturated carbocycles. The van der Waals surface area contributed by atoms with Crippen molar-refractivity contribution < 1.29 is 4.79 Å². The van der Waals surface area contributed by atoms with Crippen molar-refractivity contribution in [1.29, 1.82) is 0 Å². The summed E-state index contributed by atoms with van der Waals surface area (Å²) in [7, 11) is 0. The summed E-state index contributed by atoms with van der Waals surface area (Å²) < 4.78 is 0. The van der Waals surface area contributed by atoms with E-state index in [2.05, 4.69) is 15.3 Å². The fourth-order valence-electron chi connectivity index (χ4n) is 4.02. The second-order valence-corrected chi connectivity index (χ2v) is 6.78. The quantitative estimate of drug-likeness (QED) is 0.847. The van der Waals surface area contributed by atoms with E-state index in [1.54, 1.807) is 0 Å². The first kappa shape index (κ1) is 13.8. The van der Waals surface area contributed by atoms with E-state index in [9.17, 15) is 4.79 Å². The van der Waals surface area contributed by atoms with Crippen LogP contribution in [0.4, 0.5) is 0 Å². The molecule has 2 aliphatic heterocycles. The zero-order valence-corrected chi connectivity index (χ0v) is 13.0. The second kappa shape index (κ2) is 5.09. The van der Waals surface area contributed by atoms with Gasteiger partial charge in [-0.2, -0.15) is 0 Å². The number of para-hydroxylation sites is 1. The number of amides is 1. The number of aromatic nitrogens is 2. The lowest BCUT2D eigenvalue weighted by molar-refractivity contribution is 0.0555. The summed E-state index contributed by atoms with van der Waals surface area (Å²) in [6, 6.07) is 5.81. The molecule has 1 amide bonds. The Balaban J connectivity index is 1.65. The maximum atomic E-state index is 13.0. The van der Waals surface area contributed by atoms with Gasteiger partial charge in [0.15, 0.2) is 0 Å². The summed E-state index contributed by atoms with van der Waals surface area (Å²) in [5.41, 5.74) is 2.76. The monoisotopic (exact) mass is 298 g/mol. The normalized spacial score (nSPS) is 25.2. The average Bonchev–Trinajstić information content (AvgIpc) is 3.12. The highest BCUT2D eigenvalue weighted by atomic mass is 16.2. The number of nitrogens with one attached hydrogen (secondary N) is 2. The average molecular weight is 298 g/mol. The standard InChI is InChI=1S/C17H22N4O/c1-12-19-14-5-2-4-13(15(14)20-12)16(22)21-9-3-6-17(11-21)7-8-18-10-17/h2,4-5,18H,3,6-11H2,1H3,(H,19,20)/t17-/m1/s1. The van der Waals surface area contributed by atoms with Gasteiger partial charge in [-0.25, -0.2) is 4.98 Å². The van der Waals surface area contributed by atoms with Crippen molar-refractivity contribution >= 4 is 16.9 Å². The number of fused-ring (bicyclic) bond motifs is 1. The Hall–Kier alpha value is -1.88. The number of carbonyl (C=O) groups excluding carboxylic acids is 1. The van der Waals surface area contributed by atoms with Crippen LogP contribution in [0.5, 0.6) is 0 Å². The molecule has 0 unspecified atom stereocenters. The van der Waals surface area contributed by atoms with Crippen molar-refractivity contribution in [3.63, 3.8) is 0 Å². The van der Waals surface area contributed by atoms with Gasteiger partial charge in [0.05, 0.1) is 11.1 Å². The Morgan fingerprint density at radius 2 is 2.27 bits per heavy atom. The molecule has 5 nitrogen and oxygen atoms in total. The molecule has 2 saturated heterocycles. The molecule has 1 spiro atoms. The summed E-state index contributed by atoms with van der Waals surface area (Å²) in [5.74, 6) is 0.980. The van der Waals surface area contributed by atoms with Crippen molar-refractivity contribution in [1.82, 2.24) is 20.2 Å². The van der Waals surface area contributed by atoms with Crippen LogP contribution in [0, 0.1) is 12.3 Å². The molecular formula is C17H22N4O. The Morgan fingerprint density at radius 3 is 3.09 bits per heavy atom.